The van der Waals surface area contributed by atoms with E-state index >= 15 is 0 Å². The summed E-state index contributed by atoms with van der Waals surface area (Å²) >= 11 is 0. The van der Waals surface area contributed by atoms with Crippen LogP contribution in [-0.4, -0.2) is 32.9 Å². The minimum Gasteiger partial charge on any atom is -0.386 e. The molecule has 7 nitrogen and oxygen atoms in total. The van der Waals surface area contributed by atoms with E-state index in [1.165, 1.54) is 24.7 Å². The second kappa shape index (κ2) is 6.40. The lowest BCUT2D eigenvalue weighted by molar-refractivity contribution is 0.0950. The van der Waals surface area contributed by atoms with Crippen LogP contribution in [0.3, 0.4) is 0 Å². The van der Waals surface area contributed by atoms with Gasteiger partial charge in [0.2, 0.25) is 0 Å². The first-order valence-electron chi connectivity index (χ1n) is 7.96. The highest BCUT2D eigenvalue weighted by Crippen LogP contribution is 2.30. The van der Waals surface area contributed by atoms with Crippen molar-refractivity contribution in [2.75, 3.05) is 12.4 Å². The van der Waals surface area contributed by atoms with E-state index in [1.54, 1.807) is 25.5 Å². The highest BCUT2D eigenvalue weighted by atomic mass is 19.1. The molecule has 0 bridgehead atoms. The number of aromatic nitrogens is 4. The van der Waals surface area contributed by atoms with Gasteiger partial charge in [-0.25, -0.2) is 19.3 Å². The minimum absolute atomic E-state index is 0.275. The topological polar surface area (TPSA) is 95.6 Å². The summed E-state index contributed by atoms with van der Waals surface area (Å²) in [6.07, 6.45) is 6.19. The summed E-state index contributed by atoms with van der Waals surface area (Å²) in [5.41, 5.74) is 3.16. The summed E-state index contributed by atoms with van der Waals surface area (Å²) in [5.74, 6) is -0.635. The van der Waals surface area contributed by atoms with Crippen LogP contribution in [0.5, 0.6) is 0 Å². The third-order valence-electron chi connectivity index (χ3n) is 4.12. The predicted molar refractivity (Wildman–Crippen MR) is 96.3 cm³/mol. The number of hydrogen-bond acceptors (Lipinski definition) is 5. The third kappa shape index (κ3) is 2.81. The Morgan fingerprint density at radius 2 is 1.96 bits per heavy atom. The Kier molecular flexibility index (Phi) is 3.92. The van der Waals surface area contributed by atoms with Gasteiger partial charge in [-0.05, 0) is 18.2 Å². The van der Waals surface area contributed by atoms with Gasteiger partial charge in [-0.2, -0.15) is 0 Å². The van der Waals surface area contributed by atoms with E-state index in [0.29, 0.717) is 34.2 Å². The molecule has 1 amide bonds. The maximum Gasteiger partial charge on any atom is 0.253 e. The molecule has 3 aromatic heterocycles. The molecule has 0 unspecified atom stereocenters. The number of nitrogens with zero attached hydrogens (tertiary/aromatic N) is 3. The molecular formula is C18H15FN6O. The molecule has 3 N–H and O–H groups in total. The first-order chi connectivity index (χ1) is 12.7. The van der Waals surface area contributed by atoms with Crippen molar-refractivity contribution in [3.8, 4) is 0 Å². The smallest absolute Gasteiger partial charge is 0.253 e. The number of benzene rings is 1. The lowest BCUT2D eigenvalue weighted by Gasteiger charge is -2.05. The molecule has 0 spiro atoms. The molecule has 4 rings (SSSR count). The molecule has 0 aliphatic carbocycles. The van der Waals surface area contributed by atoms with Crippen molar-refractivity contribution in [1.29, 1.82) is 0 Å². The molecular weight excluding hydrogens is 335 g/mol. The number of halogens is 1. The largest absolute Gasteiger partial charge is 0.386 e. The van der Waals surface area contributed by atoms with Gasteiger partial charge in [-0.15, -0.1) is 0 Å². The van der Waals surface area contributed by atoms with Gasteiger partial charge in [0.25, 0.3) is 5.91 Å². The van der Waals surface area contributed by atoms with Crippen molar-refractivity contribution in [3.05, 3.63) is 60.1 Å². The standard InChI is InChI=1S/C18H15FN6O/c1-20-15-4-12(19)3-13-14-2-11(8-23-17(14)25-16(13)15)18(26)24-7-10-5-21-9-22-6-10/h2-6,8-9,20H,7H2,1H3,(H,23,25)(H,24,26). The van der Waals surface area contributed by atoms with Crippen LogP contribution in [0.1, 0.15) is 15.9 Å². The molecule has 0 saturated carbocycles. The third-order valence-corrected chi connectivity index (χ3v) is 4.12. The van der Waals surface area contributed by atoms with Gasteiger partial charge in [0, 0.05) is 48.5 Å². The van der Waals surface area contributed by atoms with E-state index in [9.17, 15) is 9.18 Å². The molecule has 0 fully saturated rings. The van der Waals surface area contributed by atoms with E-state index in [-0.39, 0.29) is 11.7 Å². The highest BCUT2D eigenvalue weighted by Gasteiger charge is 2.14. The van der Waals surface area contributed by atoms with Gasteiger partial charge in [-0.1, -0.05) is 0 Å². The van der Waals surface area contributed by atoms with Gasteiger partial charge in [0.1, 0.15) is 17.8 Å². The number of amides is 1. The average Bonchev–Trinajstić information content (AvgIpc) is 3.04. The van der Waals surface area contributed by atoms with Crippen molar-refractivity contribution in [3.63, 3.8) is 0 Å². The normalized spacial score (nSPS) is 11.0. The maximum absolute atomic E-state index is 13.9. The molecule has 0 saturated heterocycles. The molecule has 0 aliphatic heterocycles. The summed E-state index contributed by atoms with van der Waals surface area (Å²) in [6.45, 7) is 0.310. The Hall–Kier alpha value is -3.55. The molecule has 8 heteroatoms. The quantitative estimate of drug-likeness (QED) is 0.526. The minimum atomic E-state index is -0.360. The number of hydrogen-bond donors (Lipinski definition) is 3. The maximum atomic E-state index is 13.9. The zero-order chi connectivity index (χ0) is 18.1. The van der Waals surface area contributed by atoms with E-state index in [1.807, 2.05) is 0 Å². The van der Waals surface area contributed by atoms with Crippen LogP contribution in [0.2, 0.25) is 0 Å². The van der Waals surface area contributed by atoms with Crippen LogP contribution < -0.4 is 10.6 Å². The zero-order valence-corrected chi connectivity index (χ0v) is 13.9. The Morgan fingerprint density at radius 1 is 1.15 bits per heavy atom. The first-order valence-corrected chi connectivity index (χ1v) is 7.96. The summed E-state index contributed by atoms with van der Waals surface area (Å²) in [6, 6.07) is 4.55. The number of nitrogens with one attached hydrogen (secondary N) is 3. The molecule has 4 aromatic rings. The number of carbonyl (C=O) groups excluding carboxylic acids is 1. The predicted octanol–water partition coefficient (Wildman–Crippen LogP) is 2.62. The van der Waals surface area contributed by atoms with Crippen molar-refractivity contribution in [1.82, 2.24) is 25.3 Å². The lowest BCUT2D eigenvalue weighted by atomic mass is 10.1. The van der Waals surface area contributed by atoms with E-state index < -0.39 is 0 Å². The summed E-state index contributed by atoms with van der Waals surface area (Å²) in [5, 5.41) is 7.11. The average molecular weight is 350 g/mol. The Labute approximate surface area is 147 Å². The number of anilines is 1. The molecule has 0 atom stereocenters. The lowest BCUT2D eigenvalue weighted by Crippen LogP contribution is -2.23. The fraction of sp³-hybridized carbons (Fsp3) is 0.111. The van der Waals surface area contributed by atoms with Gasteiger partial charge in [0.15, 0.2) is 0 Å². The Morgan fingerprint density at radius 3 is 2.73 bits per heavy atom. The highest BCUT2D eigenvalue weighted by molar-refractivity contribution is 6.11. The van der Waals surface area contributed by atoms with Crippen molar-refractivity contribution in [2.45, 2.75) is 6.54 Å². The second-order valence-corrected chi connectivity index (χ2v) is 5.80. The summed E-state index contributed by atoms with van der Waals surface area (Å²) in [4.78, 5) is 27.7. The summed E-state index contributed by atoms with van der Waals surface area (Å²) < 4.78 is 13.9. The fourth-order valence-electron chi connectivity index (χ4n) is 2.87. The number of fused-ring (bicyclic) bond motifs is 3. The molecule has 130 valence electrons. The van der Waals surface area contributed by atoms with Crippen LogP contribution in [0.15, 0.2) is 43.1 Å². The van der Waals surface area contributed by atoms with Crippen LogP contribution in [0.4, 0.5) is 10.1 Å². The second-order valence-electron chi connectivity index (χ2n) is 5.80. The molecule has 3 heterocycles. The number of rotatable bonds is 4. The number of pyridine rings is 1. The van der Waals surface area contributed by atoms with Crippen LogP contribution in [-0.2, 0) is 6.54 Å². The fourth-order valence-corrected chi connectivity index (χ4v) is 2.87. The Bertz CT molecular complexity index is 1110. The number of aromatic amines is 1. The Balaban J connectivity index is 1.69. The van der Waals surface area contributed by atoms with Crippen LogP contribution >= 0.6 is 0 Å². The summed E-state index contributed by atoms with van der Waals surface area (Å²) in [7, 11) is 1.72. The van der Waals surface area contributed by atoms with Crippen molar-refractivity contribution in [2.24, 2.45) is 0 Å². The van der Waals surface area contributed by atoms with Gasteiger partial charge >= 0.3 is 0 Å². The van der Waals surface area contributed by atoms with E-state index in [4.69, 9.17) is 0 Å². The number of H-pyrrole nitrogens is 1. The van der Waals surface area contributed by atoms with Gasteiger partial charge < -0.3 is 15.6 Å². The van der Waals surface area contributed by atoms with Crippen molar-refractivity contribution < 1.29 is 9.18 Å². The van der Waals surface area contributed by atoms with E-state index in [0.717, 1.165) is 11.1 Å². The molecule has 26 heavy (non-hydrogen) atoms. The molecule has 0 aliphatic rings. The first kappa shape index (κ1) is 15.9. The van der Waals surface area contributed by atoms with Crippen LogP contribution in [0.25, 0.3) is 21.9 Å². The number of carbonyl (C=O) groups is 1. The van der Waals surface area contributed by atoms with Gasteiger partial charge in [0.05, 0.1) is 16.8 Å². The SMILES string of the molecule is CNc1cc(F)cc2c1[nH]c1ncc(C(=O)NCc3cncnc3)cc12. The zero-order valence-electron chi connectivity index (χ0n) is 13.9. The van der Waals surface area contributed by atoms with Gasteiger partial charge in [-0.3, -0.25) is 4.79 Å². The van der Waals surface area contributed by atoms with Crippen LogP contribution in [0, 0.1) is 5.82 Å². The van der Waals surface area contributed by atoms with Crippen molar-refractivity contribution >= 4 is 33.5 Å². The molecule has 0 radical (unpaired) electrons. The molecule has 1 aromatic carbocycles. The van der Waals surface area contributed by atoms with E-state index in [2.05, 4.69) is 30.6 Å². The monoisotopic (exact) mass is 350 g/mol.